The largest absolute Gasteiger partial charge is 0.481 e. The summed E-state index contributed by atoms with van der Waals surface area (Å²) < 4.78 is 0. The molecule has 0 unspecified atom stereocenters. The summed E-state index contributed by atoms with van der Waals surface area (Å²) in [5.41, 5.74) is 1.39. The van der Waals surface area contributed by atoms with Crippen LogP contribution in [0.4, 0.5) is 0 Å². The number of benzene rings is 1. The second-order valence-corrected chi connectivity index (χ2v) is 5.31. The summed E-state index contributed by atoms with van der Waals surface area (Å²) in [7, 11) is 0. The molecule has 3 nitrogen and oxygen atoms in total. The maximum absolute atomic E-state index is 10.7. The molecule has 0 amide bonds. The molecule has 1 N–H and O–H groups in total. The van der Waals surface area contributed by atoms with Gasteiger partial charge in [0.05, 0.1) is 6.42 Å². The van der Waals surface area contributed by atoms with Gasteiger partial charge in [-0.15, -0.1) is 0 Å². The molecule has 0 aliphatic carbocycles. The van der Waals surface area contributed by atoms with Crippen molar-refractivity contribution >= 4 is 5.97 Å². The number of likely N-dealkylation sites (tertiary alicyclic amines) is 1. The zero-order valence-electron chi connectivity index (χ0n) is 11.6. The molecule has 1 saturated heterocycles. The predicted octanol–water partition coefficient (Wildman–Crippen LogP) is 3.12. The molecule has 104 valence electrons. The molecule has 1 aromatic rings. The molecule has 0 radical (unpaired) electrons. The minimum absolute atomic E-state index is 0.252. The number of carboxylic acid groups (broad SMARTS) is 1. The van der Waals surface area contributed by atoms with Crippen LogP contribution in [-0.4, -0.2) is 35.1 Å². The van der Waals surface area contributed by atoms with Gasteiger partial charge in [0, 0.05) is 12.6 Å². The van der Waals surface area contributed by atoms with Gasteiger partial charge in [-0.3, -0.25) is 9.69 Å². The van der Waals surface area contributed by atoms with Crippen LogP contribution in [0.1, 0.15) is 44.1 Å². The number of hydrogen-bond acceptors (Lipinski definition) is 2. The zero-order valence-corrected chi connectivity index (χ0v) is 11.6. The van der Waals surface area contributed by atoms with E-state index < -0.39 is 5.97 Å². The second-order valence-electron chi connectivity index (χ2n) is 5.31. The Kier molecular flexibility index (Phi) is 4.97. The fourth-order valence-electron chi connectivity index (χ4n) is 3.25. The number of carboxylic acids is 1. The molecule has 1 aliphatic rings. The fourth-order valence-corrected chi connectivity index (χ4v) is 3.25. The van der Waals surface area contributed by atoms with E-state index in [-0.39, 0.29) is 6.42 Å². The number of carbonyl (C=O) groups is 1. The SMILES string of the molecule is CC[C@@H](c1ccccc1)[C@H]1CCCN1CCC(=O)O. The molecule has 0 spiro atoms. The van der Waals surface area contributed by atoms with Gasteiger partial charge in [0.15, 0.2) is 0 Å². The van der Waals surface area contributed by atoms with Crippen molar-refractivity contribution in [2.24, 2.45) is 0 Å². The lowest BCUT2D eigenvalue weighted by molar-refractivity contribution is -0.137. The standard InChI is InChI=1S/C16H23NO2/c1-2-14(13-7-4-3-5-8-13)15-9-6-11-17(15)12-10-16(18)19/h3-5,7-8,14-15H,2,6,9-12H2,1H3,(H,18,19)/t14-,15+/m0/s1. The maximum atomic E-state index is 10.7. The lowest BCUT2D eigenvalue weighted by Crippen LogP contribution is -2.35. The van der Waals surface area contributed by atoms with Crippen molar-refractivity contribution < 1.29 is 9.90 Å². The number of nitrogens with zero attached hydrogens (tertiary/aromatic N) is 1. The highest BCUT2D eigenvalue weighted by Crippen LogP contribution is 2.33. The first-order valence-electron chi connectivity index (χ1n) is 7.23. The molecule has 1 heterocycles. The van der Waals surface area contributed by atoms with Crippen LogP contribution in [0.5, 0.6) is 0 Å². The number of rotatable bonds is 6. The van der Waals surface area contributed by atoms with Crippen molar-refractivity contribution in [3.8, 4) is 0 Å². The molecule has 1 aromatic carbocycles. The van der Waals surface area contributed by atoms with E-state index in [0.29, 0.717) is 18.5 Å². The van der Waals surface area contributed by atoms with Crippen LogP contribution >= 0.6 is 0 Å². The molecule has 2 rings (SSSR count). The third-order valence-corrected chi connectivity index (χ3v) is 4.16. The average Bonchev–Trinajstić information content (AvgIpc) is 2.87. The molecular formula is C16H23NO2. The Morgan fingerprint density at radius 2 is 2.16 bits per heavy atom. The summed E-state index contributed by atoms with van der Waals surface area (Å²) in [6, 6.07) is 11.1. The monoisotopic (exact) mass is 261 g/mol. The third kappa shape index (κ3) is 3.57. The first-order chi connectivity index (χ1) is 9.22. The Morgan fingerprint density at radius 1 is 1.42 bits per heavy atom. The van der Waals surface area contributed by atoms with Gasteiger partial charge >= 0.3 is 5.97 Å². The lowest BCUT2D eigenvalue weighted by atomic mass is 9.87. The first kappa shape index (κ1) is 14.1. The van der Waals surface area contributed by atoms with E-state index in [1.807, 2.05) is 6.07 Å². The highest BCUT2D eigenvalue weighted by molar-refractivity contribution is 5.66. The highest BCUT2D eigenvalue weighted by atomic mass is 16.4. The quantitative estimate of drug-likeness (QED) is 0.855. The lowest BCUT2D eigenvalue weighted by Gasteiger charge is -2.31. The van der Waals surface area contributed by atoms with E-state index in [9.17, 15) is 4.79 Å². The highest BCUT2D eigenvalue weighted by Gasteiger charge is 2.31. The average molecular weight is 261 g/mol. The van der Waals surface area contributed by atoms with Crippen LogP contribution in [-0.2, 0) is 4.79 Å². The van der Waals surface area contributed by atoms with Crippen molar-refractivity contribution in [2.75, 3.05) is 13.1 Å². The van der Waals surface area contributed by atoms with Gasteiger partial charge in [-0.2, -0.15) is 0 Å². The van der Waals surface area contributed by atoms with Crippen LogP contribution in [0.25, 0.3) is 0 Å². The second kappa shape index (κ2) is 6.71. The smallest absolute Gasteiger partial charge is 0.304 e. The normalized spacial score (nSPS) is 21.4. The van der Waals surface area contributed by atoms with Crippen molar-refractivity contribution in [1.82, 2.24) is 4.90 Å². The van der Waals surface area contributed by atoms with Crippen molar-refractivity contribution in [2.45, 2.75) is 44.6 Å². The summed E-state index contributed by atoms with van der Waals surface area (Å²) in [5, 5.41) is 8.85. The molecule has 0 saturated carbocycles. The van der Waals surface area contributed by atoms with Gasteiger partial charge in [-0.1, -0.05) is 37.3 Å². The van der Waals surface area contributed by atoms with Crippen molar-refractivity contribution in [3.63, 3.8) is 0 Å². The maximum Gasteiger partial charge on any atom is 0.304 e. The van der Waals surface area contributed by atoms with Crippen LogP contribution in [0.2, 0.25) is 0 Å². The molecule has 3 heteroatoms. The summed E-state index contributed by atoms with van der Waals surface area (Å²) >= 11 is 0. The molecule has 1 aliphatic heterocycles. The summed E-state index contributed by atoms with van der Waals surface area (Å²) in [6.07, 6.45) is 3.74. The van der Waals surface area contributed by atoms with Gasteiger partial charge in [-0.25, -0.2) is 0 Å². The van der Waals surface area contributed by atoms with Gasteiger partial charge < -0.3 is 5.11 Å². The Morgan fingerprint density at radius 3 is 2.79 bits per heavy atom. The van der Waals surface area contributed by atoms with Gasteiger partial charge in [-0.05, 0) is 37.3 Å². The summed E-state index contributed by atoms with van der Waals surface area (Å²) in [5.74, 6) is -0.170. The Balaban J connectivity index is 2.06. The van der Waals surface area contributed by atoms with E-state index in [1.54, 1.807) is 0 Å². The minimum Gasteiger partial charge on any atom is -0.481 e. The van der Waals surface area contributed by atoms with E-state index >= 15 is 0 Å². The van der Waals surface area contributed by atoms with Gasteiger partial charge in [0.2, 0.25) is 0 Å². The van der Waals surface area contributed by atoms with Crippen molar-refractivity contribution in [3.05, 3.63) is 35.9 Å². The molecular weight excluding hydrogens is 238 g/mol. The fraction of sp³-hybridized carbons (Fsp3) is 0.562. The Bertz CT molecular complexity index is 404. The molecule has 2 atom stereocenters. The van der Waals surface area contributed by atoms with Crippen LogP contribution in [0.15, 0.2) is 30.3 Å². The van der Waals surface area contributed by atoms with Crippen LogP contribution < -0.4 is 0 Å². The molecule has 0 aromatic heterocycles. The third-order valence-electron chi connectivity index (χ3n) is 4.16. The van der Waals surface area contributed by atoms with Crippen LogP contribution in [0.3, 0.4) is 0 Å². The first-order valence-corrected chi connectivity index (χ1v) is 7.23. The molecule has 1 fully saturated rings. The Hall–Kier alpha value is -1.35. The molecule has 0 bridgehead atoms. The van der Waals surface area contributed by atoms with E-state index in [4.69, 9.17) is 5.11 Å². The van der Waals surface area contributed by atoms with Gasteiger partial charge in [0.25, 0.3) is 0 Å². The minimum atomic E-state index is -0.696. The Labute approximate surface area is 115 Å². The summed E-state index contributed by atoms with van der Waals surface area (Å²) in [4.78, 5) is 13.1. The number of aliphatic carboxylic acids is 1. The summed E-state index contributed by atoms with van der Waals surface area (Å²) in [6.45, 7) is 3.95. The predicted molar refractivity (Wildman–Crippen MR) is 76.3 cm³/mol. The van der Waals surface area contributed by atoms with Crippen LogP contribution in [0, 0.1) is 0 Å². The molecule has 19 heavy (non-hydrogen) atoms. The van der Waals surface area contributed by atoms with Crippen molar-refractivity contribution in [1.29, 1.82) is 0 Å². The zero-order chi connectivity index (χ0) is 13.7. The van der Waals surface area contributed by atoms with E-state index in [0.717, 1.165) is 13.0 Å². The number of hydrogen-bond donors (Lipinski definition) is 1. The van der Waals surface area contributed by atoms with E-state index in [2.05, 4.69) is 36.1 Å². The van der Waals surface area contributed by atoms with Gasteiger partial charge in [0.1, 0.15) is 0 Å². The van der Waals surface area contributed by atoms with E-state index in [1.165, 1.54) is 18.4 Å². The topological polar surface area (TPSA) is 40.5 Å².